The first-order valence-corrected chi connectivity index (χ1v) is 2.00. The molecule has 9 heteroatoms. The molecule has 0 aliphatic rings. The second-order valence-electron chi connectivity index (χ2n) is 0.408. The van der Waals surface area contributed by atoms with Crippen molar-refractivity contribution in [1.82, 2.24) is 0 Å². The predicted octanol–water partition coefficient (Wildman–Crippen LogP) is -1.96. The molecule has 0 aromatic rings. The van der Waals surface area contributed by atoms with Crippen LogP contribution in [0, 0.1) is 0 Å². The predicted molar refractivity (Wildman–Crippen MR) is 17.6 cm³/mol. The molecule has 0 spiro atoms. The summed E-state index contributed by atoms with van der Waals surface area (Å²) in [6.07, 6.45) is 0. The summed E-state index contributed by atoms with van der Waals surface area (Å²) in [4.78, 5) is 0. The number of rotatable bonds is 0. The third kappa shape index (κ3) is 153. The van der Waals surface area contributed by atoms with Gasteiger partial charge >= 0.3 is 70.6 Å². The van der Waals surface area contributed by atoms with Crippen molar-refractivity contribution in [2.75, 3.05) is 0 Å². The SMILES string of the molecule is O=S(=O)([O-])[O-].[Ba+2].[O-2].[O-2].[Ti+4]. The molecular weight excluding hydrogens is 313 g/mol. The summed E-state index contributed by atoms with van der Waals surface area (Å²) in [7, 11) is -5.17. The fraction of sp³-hybridized carbons (Fsp3) is 0. The summed E-state index contributed by atoms with van der Waals surface area (Å²) < 4.78 is 34.1. The van der Waals surface area contributed by atoms with Crippen molar-refractivity contribution in [2.24, 2.45) is 0 Å². The zero-order valence-corrected chi connectivity index (χ0v) is 10.9. The van der Waals surface area contributed by atoms with Crippen LogP contribution >= 0.6 is 0 Å². The molecule has 0 aliphatic carbocycles. The Morgan fingerprint density at radius 3 is 1.00 bits per heavy atom. The van der Waals surface area contributed by atoms with Gasteiger partial charge < -0.3 is 20.1 Å². The van der Waals surface area contributed by atoms with Gasteiger partial charge in [0.25, 0.3) is 0 Å². The minimum atomic E-state index is -5.17. The van der Waals surface area contributed by atoms with Gasteiger partial charge in [-0.15, -0.1) is 0 Å². The molecule has 9 heavy (non-hydrogen) atoms. The van der Waals surface area contributed by atoms with Gasteiger partial charge in [-0.1, -0.05) is 0 Å². The first-order valence-electron chi connectivity index (χ1n) is 0.667. The Hall–Kier alpha value is 2.08. The molecule has 0 aromatic carbocycles. The monoisotopic (exact) mass is 314 g/mol. The van der Waals surface area contributed by atoms with E-state index in [9.17, 15) is 0 Å². The molecule has 0 aliphatic heterocycles. The van der Waals surface area contributed by atoms with Crippen LogP contribution in [0.1, 0.15) is 0 Å². The van der Waals surface area contributed by atoms with Crippen molar-refractivity contribution in [3.05, 3.63) is 0 Å². The molecule has 0 bridgehead atoms. The first kappa shape index (κ1) is 30.5. The summed E-state index contributed by atoms with van der Waals surface area (Å²) in [6.45, 7) is 0. The smallest absolute Gasteiger partial charge is 2.00 e. The third-order valence-electron chi connectivity index (χ3n) is 0. The van der Waals surface area contributed by atoms with Crippen molar-refractivity contribution >= 4 is 59.3 Å². The van der Waals surface area contributed by atoms with E-state index in [0.717, 1.165) is 0 Å². The summed E-state index contributed by atoms with van der Waals surface area (Å²) in [5, 5.41) is 0. The zero-order chi connectivity index (χ0) is 4.50. The van der Waals surface area contributed by atoms with Crippen molar-refractivity contribution in [3.63, 3.8) is 0 Å². The molecule has 48 valence electrons. The minimum absolute atomic E-state index is 0. The maximum Gasteiger partial charge on any atom is 4.00 e. The fourth-order valence-electron chi connectivity index (χ4n) is 0. The molecule has 0 N–H and O–H groups in total. The molecule has 0 saturated heterocycles. The molecular formula is BaO6STi. The maximum atomic E-state index is 8.52. The van der Waals surface area contributed by atoms with E-state index >= 15 is 0 Å². The molecule has 0 heterocycles. The standard InChI is InChI=1S/Ba.H2O4S.2O.Ti/c;1-5(2,3)4;;;/h;(H2,1,2,3,4);;;/q+2;;2*-2;+4/p-2. The molecule has 0 radical (unpaired) electrons. The minimum Gasteiger partial charge on any atom is -2.00 e. The van der Waals surface area contributed by atoms with E-state index < -0.39 is 10.4 Å². The van der Waals surface area contributed by atoms with E-state index in [1.54, 1.807) is 0 Å². The second kappa shape index (κ2) is 12.7. The van der Waals surface area contributed by atoms with Gasteiger partial charge in [0, 0.05) is 10.4 Å². The van der Waals surface area contributed by atoms with Crippen molar-refractivity contribution in [1.29, 1.82) is 0 Å². The van der Waals surface area contributed by atoms with E-state index in [0.29, 0.717) is 0 Å². The molecule has 0 unspecified atom stereocenters. The van der Waals surface area contributed by atoms with Crippen molar-refractivity contribution in [3.8, 4) is 0 Å². The van der Waals surface area contributed by atoms with Crippen LogP contribution < -0.4 is 0 Å². The maximum absolute atomic E-state index is 8.52. The molecule has 0 amide bonds. The van der Waals surface area contributed by atoms with Crippen LogP contribution in [0.2, 0.25) is 0 Å². The van der Waals surface area contributed by atoms with Crippen molar-refractivity contribution < 1.29 is 50.2 Å². The Morgan fingerprint density at radius 1 is 1.00 bits per heavy atom. The Balaban J connectivity index is -0.0000000133. The van der Waals surface area contributed by atoms with Gasteiger partial charge in [-0.25, -0.2) is 0 Å². The number of hydrogen-bond acceptors (Lipinski definition) is 4. The normalized spacial score (nSPS) is 6.44. The van der Waals surface area contributed by atoms with Gasteiger partial charge in [-0.05, 0) is 0 Å². The van der Waals surface area contributed by atoms with Gasteiger partial charge in [-0.2, -0.15) is 0 Å². The van der Waals surface area contributed by atoms with Crippen LogP contribution in [0.3, 0.4) is 0 Å². The third-order valence-corrected chi connectivity index (χ3v) is 0. The van der Waals surface area contributed by atoms with E-state index in [2.05, 4.69) is 0 Å². The molecule has 6 nitrogen and oxygen atoms in total. The van der Waals surface area contributed by atoms with Crippen LogP contribution in [0.5, 0.6) is 0 Å². The van der Waals surface area contributed by atoms with Crippen LogP contribution in [0.25, 0.3) is 0 Å². The van der Waals surface area contributed by atoms with E-state index in [4.69, 9.17) is 17.5 Å². The topological polar surface area (TPSA) is 137 Å². The van der Waals surface area contributed by atoms with Crippen LogP contribution in [0.15, 0.2) is 0 Å². The second-order valence-corrected chi connectivity index (χ2v) is 1.22. The average molecular weight is 313 g/mol. The van der Waals surface area contributed by atoms with Gasteiger partial charge in [0.2, 0.25) is 0 Å². The molecule has 0 rings (SSSR count). The largest absolute Gasteiger partial charge is 4.00 e. The Bertz CT molecular complexity index is 96.2. The Morgan fingerprint density at radius 2 is 1.00 bits per heavy atom. The van der Waals surface area contributed by atoms with Crippen LogP contribution in [0.4, 0.5) is 0 Å². The van der Waals surface area contributed by atoms with E-state index in [1.807, 2.05) is 0 Å². The zero-order valence-electron chi connectivity index (χ0n) is 4.06. The Labute approximate surface area is 108 Å². The fourth-order valence-corrected chi connectivity index (χ4v) is 0. The molecule has 0 fully saturated rings. The summed E-state index contributed by atoms with van der Waals surface area (Å²) in [5.41, 5.74) is 0. The van der Waals surface area contributed by atoms with Gasteiger partial charge in [0.1, 0.15) is 0 Å². The average Bonchev–Trinajstić information content (AvgIpc) is 0.722. The quantitative estimate of drug-likeness (QED) is 0.291. The van der Waals surface area contributed by atoms with Gasteiger partial charge in [0.05, 0.1) is 0 Å². The summed E-state index contributed by atoms with van der Waals surface area (Å²) in [5.74, 6) is 0. The summed E-state index contributed by atoms with van der Waals surface area (Å²) in [6, 6.07) is 0. The molecule has 0 saturated carbocycles. The first-order chi connectivity index (χ1) is 2.00. The Kier molecular flexibility index (Phi) is 43.1. The molecule has 0 atom stereocenters. The summed E-state index contributed by atoms with van der Waals surface area (Å²) >= 11 is 0. The van der Waals surface area contributed by atoms with Crippen LogP contribution in [-0.2, 0) is 43.1 Å². The van der Waals surface area contributed by atoms with Gasteiger partial charge in [0.15, 0.2) is 0 Å². The van der Waals surface area contributed by atoms with E-state index in [1.165, 1.54) is 0 Å². The number of hydrogen-bond donors (Lipinski definition) is 0. The van der Waals surface area contributed by atoms with Crippen molar-refractivity contribution in [2.45, 2.75) is 0 Å². The van der Waals surface area contributed by atoms with E-state index in [-0.39, 0.29) is 81.6 Å². The van der Waals surface area contributed by atoms with Gasteiger partial charge in [-0.3, -0.25) is 8.42 Å². The van der Waals surface area contributed by atoms with Crippen LogP contribution in [-0.4, -0.2) is 66.4 Å². The molecule has 0 aromatic heterocycles.